The van der Waals surface area contributed by atoms with E-state index in [0.717, 1.165) is 5.56 Å². The van der Waals surface area contributed by atoms with E-state index in [4.69, 9.17) is 9.47 Å². The summed E-state index contributed by atoms with van der Waals surface area (Å²) in [5.41, 5.74) is 0.604. The summed E-state index contributed by atoms with van der Waals surface area (Å²) in [4.78, 5) is 0. The molecule has 0 spiro atoms. The molecule has 112 valence electrons. The Balaban J connectivity index is 2.22. The van der Waals surface area contributed by atoms with Gasteiger partial charge in [0.1, 0.15) is 17.3 Å². The lowest BCUT2D eigenvalue weighted by molar-refractivity contribution is 0.309. The van der Waals surface area contributed by atoms with E-state index in [1.165, 1.54) is 25.3 Å². The first-order valence-corrected chi connectivity index (χ1v) is 6.64. The molecule has 0 bridgehead atoms. The number of methoxy groups -OCH3 is 1. The zero-order chi connectivity index (χ0) is 15.2. The molecule has 0 aliphatic heterocycles. The third-order valence-corrected chi connectivity index (χ3v) is 2.98. The van der Waals surface area contributed by atoms with Crippen LogP contribution in [0, 0.1) is 11.6 Å². The van der Waals surface area contributed by atoms with E-state index in [2.05, 4.69) is 5.32 Å². The monoisotopic (exact) mass is 293 g/mol. The average molecular weight is 293 g/mol. The lowest BCUT2D eigenvalue weighted by atomic mass is 10.1. The highest BCUT2D eigenvalue weighted by Gasteiger charge is 2.12. The molecule has 0 radical (unpaired) electrons. The van der Waals surface area contributed by atoms with Crippen molar-refractivity contribution in [1.29, 1.82) is 0 Å². The van der Waals surface area contributed by atoms with Gasteiger partial charge in [-0.05, 0) is 25.1 Å². The number of anilines is 1. The molecular formula is C16H17F2NO2. The van der Waals surface area contributed by atoms with Crippen LogP contribution >= 0.6 is 0 Å². The minimum Gasteiger partial charge on any atom is -0.493 e. The van der Waals surface area contributed by atoms with Gasteiger partial charge in [-0.15, -0.1) is 0 Å². The SMILES string of the molecule is CCOc1cccc(CNc2c(F)cccc2F)c1OC. The number of para-hydroxylation sites is 2. The molecule has 0 fully saturated rings. The summed E-state index contributed by atoms with van der Waals surface area (Å²) < 4.78 is 37.9. The molecule has 0 unspecified atom stereocenters. The Morgan fingerprint density at radius 1 is 1.05 bits per heavy atom. The van der Waals surface area contributed by atoms with Crippen molar-refractivity contribution in [2.75, 3.05) is 19.0 Å². The Bertz CT molecular complexity index is 597. The number of halogens is 2. The summed E-state index contributed by atoms with van der Waals surface area (Å²) in [7, 11) is 1.53. The quantitative estimate of drug-likeness (QED) is 0.873. The summed E-state index contributed by atoms with van der Waals surface area (Å²) in [5.74, 6) is -0.0956. The summed E-state index contributed by atoms with van der Waals surface area (Å²) in [6, 6.07) is 9.15. The van der Waals surface area contributed by atoms with Crippen LogP contribution in [0.5, 0.6) is 11.5 Å². The Morgan fingerprint density at radius 3 is 2.33 bits per heavy atom. The smallest absolute Gasteiger partial charge is 0.165 e. The summed E-state index contributed by atoms with van der Waals surface area (Å²) in [6.45, 7) is 2.61. The van der Waals surface area contributed by atoms with Gasteiger partial charge in [0.2, 0.25) is 0 Å². The Kier molecular flexibility index (Phi) is 4.98. The van der Waals surface area contributed by atoms with Crippen molar-refractivity contribution >= 4 is 5.69 Å². The number of ether oxygens (including phenoxy) is 2. The van der Waals surface area contributed by atoms with Gasteiger partial charge in [0, 0.05) is 12.1 Å². The summed E-state index contributed by atoms with van der Waals surface area (Å²) >= 11 is 0. The molecule has 0 amide bonds. The first-order chi connectivity index (χ1) is 10.2. The maximum atomic E-state index is 13.6. The van der Waals surface area contributed by atoms with Crippen LogP contribution in [0.15, 0.2) is 36.4 Å². The van der Waals surface area contributed by atoms with Crippen LogP contribution < -0.4 is 14.8 Å². The summed E-state index contributed by atoms with van der Waals surface area (Å²) in [6.07, 6.45) is 0. The van der Waals surface area contributed by atoms with Crippen molar-refractivity contribution in [1.82, 2.24) is 0 Å². The molecule has 0 heterocycles. The third kappa shape index (κ3) is 3.42. The van der Waals surface area contributed by atoms with Crippen molar-refractivity contribution in [2.45, 2.75) is 13.5 Å². The molecule has 0 aliphatic carbocycles. The highest BCUT2D eigenvalue weighted by molar-refractivity contribution is 5.51. The molecule has 21 heavy (non-hydrogen) atoms. The van der Waals surface area contributed by atoms with E-state index < -0.39 is 11.6 Å². The molecule has 0 aromatic heterocycles. The van der Waals surface area contributed by atoms with Crippen LogP contribution in [-0.4, -0.2) is 13.7 Å². The Labute approximate surface area is 122 Å². The number of benzene rings is 2. The van der Waals surface area contributed by atoms with E-state index in [0.29, 0.717) is 18.1 Å². The van der Waals surface area contributed by atoms with Crippen LogP contribution in [0.1, 0.15) is 12.5 Å². The molecule has 2 aromatic carbocycles. The van der Waals surface area contributed by atoms with E-state index >= 15 is 0 Å². The number of hydrogen-bond acceptors (Lipinski definition) is 3. The van der Waals surface area contributed by atoms with E-state index in [1.807, 2.05) is 19.1 Å². The van der Waals surface area contributed by atoms with Crippen LogP contribution in [0.3, 0.4) is 0 Å². The second-order valence-electron chi connectivity index (χ2n) is 4.33. The molecule has 2 rings (SSSR count). The highest BCUT2D eigenvalue weighted by Crippen LogP contribution is 2.32. The van der Waals surface area contributed by atoms with Gasteiger partial charge in [0.05, 0.1) is 13.7 Å². The maximum absolute atomic E-state index is 13.6. The number of rotatable bonds is 6. The lowest BCUT2D eigenvalue weighted by Gasteiger charge is -2.15. The maximum Gasteiger partial charge on any atom is 0.165 e. The minimum absolute atomic E-state index is 0.152. The molecule has 0 atom stereocenters. The van der Waals surface area contributed by atoms with Crippen molar-refractivity contribution in [3.63, 3.8) is 0 Å². The van der Waals surface area contributed by atoms with Gasteiger partial charge in [-0.2, -0.15) is 0 Å². The van der Waals surface area contributed by atoms with Gasteiger partial charge in [-0.25, -0.2) is 8.78 Å². The molecule has 5 heteroatoms. The zero-order valence-electron chi connectivity index (χ0n) is 12.0. The predicted octanol–water partition coefficient (Wildman–Crippen LogP) is 3.98. The average Bonchev–Trinajstić information content (AvgIpc) is 2.47. The number of nitrogens with one attached hydrogen (secondary N) is 1. The Hall–Kier alpha value is -2.30. The molecule has 3 nitrogen and oxygen atoms in total. The van der Waals surface area contributed by atoms with Gasteiger partial charge >= 0.3 is 0 Å². The van der Waals surface area contributed by atoms with E-state index in [-0.39, 0.29) is 12.2 Å². The third-order valence-electron chi connectivity index (χ3n) is 2.98. The number of hydrogen-bond donors (Lipinski definition) is 1. The second kappa shape index (κ2) is 6.92. The predicted molar refractivity (Wildman–Crippen MR) is 77.8 cm³/mol. The van der Waals surface area contributed by atoms with Gasteiger partial charge < -0.3 is 14.8 Å². The van der Waals surface area contributed by atoms with Crippen molar-refractivity contribution in [3.8, 4) is 11.5 Å². The largest absolute Gasteiger partial charge is 0.493 e. The standard InChI is InChI=1S/C16H17F2NO2/c1-3-21-14-9-4-6-11(16(14)20-2)10-19-15-12(17)7-5-8-13(15)18/h4-9,19H,3,10H2,1-2H3. The van der Waals surface area contributed by atoms with Crippen LogP contribution in [0.25, 0.3) is 0 Å². The zero-order valence-corrected chi connectivity index (χ0v) is 12.0. The fraction of sp³-hybridized carbons (Fsp3) is 0.250. The topological polar surface area (TPSA) is 30.5 Å². The molecule has 1 N–H and O–H groups in total. The minimum atomic E-state index is -0.630. The Morgan fingerprint density at radius 2 is 1.71 bits per heavy atom. The molecule has 0 aliphatic rings. The normalized spacial score (nSPS) is 10.3. The molecular weight excluding hydrogens is 276 g/mol. The lowest BCUT2D eigenvalue weighted by Crippen LogP contribution is -2.06. The van der Waals surface area contributed by atoms with Gasteiger partial charge in [0.15, 0.2) is 11.5 Å². The fourth-order valence-corrected chi connectivity index (χ4v) is 2.05. The highest BCUT2D eigenvalue weighted by atomic mass is 19.1. The van der Waals surface area contributed by atoms with Crippen molar-refractivity contribution < 1.29 is 18.3 Å². The fourth-order valence-electron chi connectivity index (χ4n) is 2.05. The first kappa shape index (κ1) is 15.1. The summed E-state index contributed by atoms with van der Waals surface area (Å²) in [5, 5.41) is 2.76. The van der Waals surface area contributed by atoms with E-state index in [9.17, 15) is 8.78 Å². The van der Waals surface area contributed by atoms with Crippen molar-refractivity contribution in [2.24, 2.45) is 0 Å². The van der Waals surface area contributed by atoms with Gasteiger partial charge in [0.25, 0.3) is 0 Å². The van der Waals surface area contributed by atoms with Crippen LogP contribution in [0.2, 0.25) is 0 Å². The van der Waals surface area contributed by atoms with Crippen molar-refractivity contribution in [3.05, 3.63) is 53.6 Å². The van der Waals surface area contributed by atoms with E-state index in [1.54, 1.807) is 6.07 Å². The molecule has 0 saturated heterocycles. The molecule has 2 aromatic rings. The second-order valence-corrected chi connectivity index (χ2v) is 4.33. The molecule has 0 saturated carbocycles. The van der Waals surface area contributed by atoms with Gasteiger partial charge in [-0.1, -0.05) is 18.2 Å². The van der Waals surface area contributed by atoms with Crippen LogP contribution in [-0.2, 0) is 6.54 Å². The van der Waals surface area contributed by atoms with Crippen LogP contribution in [0.4, 0.5) is 14.5 Å². The first-order valence-electron chi connectivity index (χ1n) is 6.64. The van der Waals surface area contributed by atoms with Gasteiger partial charge in [-0.3, -0.25) is 0 Å².